The van der Waals surface area contributed by atoms with E-state index in [1.165, 1.54) is 18.0 Å². The zero-order chi connectivity index (χ0) is 12.4. The first-order valence-electron chi connectivity index (χ1n) is 4.57. The standard InChI is InChI=1S/C10H8Cl2N4S/c11-6-3-5(13)1-2-7(6)17-10-9(14)15-4-8(12)16-10/h1-4H,13H2,(H2,14,15). The second-order valence-corrected chi connectivity index (χ2v) is 5.00. The van der Waals surface area contributed by atoms with Crippen molar-refractivity contribution < 1.29 is 0 Å². The quantitative estimate of drug-likeness (QED) is 0.830. The van der Waals surface area contributed by atoms with Crippen LogP contribution < -0.4 is 11.5 Å². The summed E-state index contributed by atoms with van der Waals surface area (Å²) in [7, 11) is 0. The number of hydrogen-bond acceptors (Lipinski definition) is 5. The maximum absolute atomic E-state index is 6.05. The summed E-state index contributed by atoms with van der Waals surface area (Å²) in [4.78, 5) is 8.79. The lowest BCUT2D eigenvalue weighted by Crippen LogP contribution is -1.96. The molecule has 17 heavy (non-hydrogen) atoms. The number of aromatic nitrogens is 2. The molecule has 0 spiro atoms. The van der Waals surface area contributed by atoms with E-state index in [0.717, 1.165) is 4.90 Å². The largest absolute Gasteiger partial charge is 0.399 e. The van der Waals surface area contributed by atoms with Gasteiger partial charge in [-0.15, -0.1) is 0 Å². The van der Waals surface area contributed by atoms with Gasteiger partial charge in [0.2, 0.25) is 0 Å². The highest BCUT2D eigenvalue weighted by molar-refractivity contribution is 7.99. The first-order valence-corrected chi connectivity index (χ1v) is 6.14. The highest BCUT2D eigenvalue weighted by Gasteiger charge is 2.09. The Balaban J connectivity index is 2.34. The molecular formula is C10H8Cl2N4S. The van der Waals surface area contributed by atoms with Gasteiger partial charge in [-0.3, -0.25) is 0 Å². The predicted molar refractivity (Wildman–Crippen MR) is 71.4 cm³/mol. The van der Waals surface area contributed by atoms with Crippen LogP contribution in [0.15, 0.2) is 34.3 Å². The van der Waals surface area contributed by atoms with Crippen LogP contribution in [0.3, 0.4) is 0 Å². The summed E-state index contributed by atoms with van der Waals surface area (Å²) >= 11 is 13.1. The monoisotopic (exact) mass is 286 g/mol. The van der Waals surface area contributed by atoms with Gasteiger partial charge in [0.15, 0.2) is 5.82 Å². The minimum atomic E-state index is 0.285. The summed E-state index contributed by atoms with van der Waals surface area (Å²) in [6.07, 6.45) is 1.39. The smallest absolute Gasteiger partial charge is 0.156 e. The SMILES string of the molecule is Nc1ccc(Sc2nc(Cl)cnc2N)c(Cl)c1. The van der Waals surface area contributed by atoms with Gasteiger partial charge in [-0.1, -0.05) is 35.0 Å². The minimum absolute atomic E-state index is 0.285. The number of rotatable bonds is 2. The molecule has 0 bridgehead atoms. The van der Waals surface area contributed by atoms with Crippen molar-refractivity contribution in [3.05, 3.63) is 34.6 Å². The number of nitrogen functional groups attached to an aromatic ring is 2. The summed E-state index contributed by atoms with van der Waals surface area (Å²) < 4.78 is 0. The molecule has 0 amide bonds. The molecule has 4 nitrogen and oxygen atoms in total. The fourth-order valence-electron chi connectivity index (χ4n) is 1.14. The van der Waals surface area contributed by atoms with Crippen LogP contribution in [0.1, 0.15) is 0 Å². The van der Waals surface area contributed by atoms with Gasteiger partial charge in [-0.25, -0.2) is 9.97 Å². The number of benzene rings is 1. The zero-order valence-electron chi connectivity index (χ0n) is 8.52. The van der Waals surface area contributed by atoms with Crippen molar-refractivity contribution in [1.82, 2.24) is 9.97 Å². The number of halogens is 2. The molecule has 0 fully saturated rings. The molecule has 0 radical (unpaired) electrons. The van der Waals surface area contributed by atoms with Gasteiger partial charge in [0.25, 0.3) is 0 Å². The molecule has 1 heterocycles. The Morgan fingerprint density at radius 1 is 1.18 bits per heavy atom. The molecule has 0 saturated heterocycles. The Labute approximate surface area is 112 Å². The molecule has 0 aliphatic heterocycles. The van der Waals surface area contributed by atoms with E-state index < -0.39 is 0 Å². The molecule has 0 saturated carbocycles. The van der Waals surface area contributed by atoms with E-state index in [1.807, 2.05) is 0 Å². The van der Waals surface area contributed by atoms with Gasteiger partial charge in [-0.2, -0.15) is 0 Å². The van der Waals surface area contributed by atoms with Crippen LogP contribution in [-0.4, -0.2) is 9.97 Å². The Morgan fingerprint density at radius 2 is 1.94 bits per heavy atom. The molecule has 2 rings (SSSR count). The first kappa shape index (κ1) is 12.3. The summed E-state index contributed by atoms with van der Waals surface area (Å²) in [5, 5.41) is 1.34. The van der Waals surface area contributed by atoms with Gasteiger partial charge in [0.1, 0.15) is 10.2 Å². The summed E-state index contributed by atoms with van der Waals surface area (Å²) in [6.45, 7) is 0. The average Bonchev–Trinajstić information content (AvgIpc) is 2.27. The lowest BCUT2D eigenvalue weighted by atomic mass is 10.3. The number of nitrogens with zero attached hydrogens (tertiary/aromatic N) is 2. The maximum Gasteiger partial charge on any atom is 0.156 e. The number of hydrogen-bond donors (Lipinski definition) is 2. The zero-order valence-corrected chi connectivity index (χ0v) is 10.9. The second kappa shape index (κ2) is 5.00. The fourth-order valence-corrected chi connectivity index (χ4v) is 2.43. The third-order valence-corrected chi connectivity index (χ3v) is 3.58. The molecule has 7 heteroatoms. The van der Waals surface area contributed by atoms with E-state index in [2.05, 4.69) is 9.97 Å². The van der Waals surface area contributed by atoms with Gasteiger partial charge >= 0.3 is 0 Å². The normalized spacial score (nSPS) is 10.5. The topological polar surface area (TPSA) is 77.8 Å². The predicted octanol–water partition coefficient (Wildman–Crippen LogP) is 3.10. The highest BCUT2D eigenvalue weighted by atomic mass is 35.5. The molecule has 0 atom stereocenters. The third-order valence-electron chi connectivity index (χ3n) is 1.90. The van der Waals surface area contributed by atoms with E-state index in [1.54, 1.807) is 18.2 Å². The van der Waals surface area contributed by atoms with Crippen LogP contribution in [0, 0.1) is 0 Å². The summed E-state index contributed by atoms with van der Waals surface area (Å²) in [5.41, 5.74) is 11.9. The molecule has 2 aromatic rings. The Bertz CT molecular complexity index is 562. The molecule has 0 aliphatic rings. The molecule has 0 unspecified atom stereocenters. The van der Waals surface area contributed by atoms with Crippen molar-refractivity contribution in [2.75, 3.05) is 11.5 Å². The molecular weight excluding hydrogens is 279 g/mol. The van der Waals surface area contributed by atoms with Gasteiger partial charge in [0.05, 0.1) is 11.2 Å². The molecule has 88 valence electrons. The molecule has 4 N–H and O–H groups in total. The van der Waals surface area contributed by atoms with Gasteiger partial charge in [-0.05, 0) is 18.2 Å². The van der Waals surface area contributed by atoms with Crippen LogP contribution in [0.4, 0.5) is 11.5 Å². The van der Waals surface area contributed by atoms with Gasteiger partial charge in [0, 0.05) is 10.6 Å². The van der Waals surface area contributed by atoms with Crippen LogP contribution >= 0.6 is 35.0 Å². The van der Waals surface area contributed by atoms with Crippen LogP contribution in [0.5, 0.6) is 0 Å². The minimum Gasteiger partial charge on any atom is -0.399 e. The van der Waals surface area contributed by atoms with Crippen molar-refractivity contribution >= 4 is 46.5 Å². The maximum atomic E-state index is 6.05. The van der Waals surface area contributed by atoms with Crippen molar-refractivity contribution in [2.45, 2.75) is 9.92 Å². The Kier molecular flexibility index (Phi) is 3.61. The van der Waals surface area contributed by atoms with Crippen LogP contribution in [0.25, 0.3) is 0 Å². The Morgan fingerprint density at radius 3 is 2.65 bits per heavy atom. The highest BCUT2D eigenvalue weighted by Crippen LogP contribution is 2.35. The van der Waals surface area contributed by atoms with E-state index in [9.17, 15) is 0 Å². The van der Waals surface area contributed by atoms with E-state index in [-0.39, 0.29) is 5.15 Å². The van der Waals surface area contributed by atoms with Crippen molar-refractivity contribution in [3.63, 3.8) is 0 Å². The average molecular weight is 287 g/mol. The van der Waals surface area contributed by atoms with E-state index >= 15 is 0 Å². The number of nitrogens with two attached hydrogens (primary N) is 2. The lowest BCUT2D eigenvalue weighted by molar-refractivity contribution is 1.07. The second-order valence-electron chi connectivity index (χ2n) is 3.18. The summed E-state index contributed by atoms with van der Waals surface area (Å²) in [6, 6.07) is 5.21. The van der Waals surface area contributed by atoms with E-state index in [4.69, 9.17) is 34.7 Å². The molecule has 0 aliphatic carbocycles. The van der Waals surface area contributed by atoms with Crippen molar-refractivity contribution in [1.29, 1.82) is 0 Å². The lowest BCUT2D eigenvalue weighted by Gasteiger charge is -2.06. The van der Waals surface area contributed by atoms with Crippen molar-refractivity contribution in [3.8, 4) is 0 Å². The van der Waals surface area contributed by atoms with Crippen LogP contribution in [-0.2, 0) is 0 Å². The van der Waals surface area contributed by atoms with Crippen LogP contribution in [0.2, 0.25) is 10.2 Å². The molecule has 1 aromatic heterocycles. The summed E-state index contributed by atoms with van der Waals surface area (Å²) in [5.74, 6) is 0.312. The first-order chi connectivity index (χ1) is 8.06. The third kappa shape index (κ3) is 2.94. The molecule has 1 aromatic carbocycles. The van der Waals surface area contributed by atoms with Crippen molar-refractivity contribution in [2.24, 2.45) is 0 Å². The Hall–Kier alpha value is -1.17. The fraction of sp³-hybridized carbons (Fsp3) is 0. The number of anilines is 2. The van der Waals surface area contributed by atoms with Gasteiger partial charge < -0.3 is 11.5 Å². The van der Waals surface area contributed by atoms with E-state index in [0.29, 0.717) is 21.6 Å².